The van der Waals surface area contributed by atoms with Crippen LogP contribution in [0.3, 0.4) is 0 Å². The average Bonchev–Trinajstić information content (AvgIpc) is 3.14. The number of imide groups is 1. The van der Waals surface area contributed by atoms with Gasteiger partial charge in [0.1, 0.15) is 11.9 Å². The number of nitrogens with zero attached hydrogens (tertiary/aromatic N) is 3. The van der Waals surface area contributed by atoms with E-state index >= 15 is 0 Å². The molecule has 0 bridgehead atoms. The van der Waals surface area contributed by atoms with Crippen molar-refractivity contribution in [3.05, 3.63) is 53.2 Å². The molecule has 0 aliphatic carbocycles. The number of hydrogen-bond donors (Lipinski definition) is 3. The summed E-state index contributed by atoms with van der Waals surface area (Å²) in [6.45, 7) is 4.88. The SMILES string of the molecule is O=C1CCC(N2Cc3cc(CNc4cc(N5CCNCC5)ccn4)ccc3C2=O)C(=O)N1. The van der Waals surface area contributed by atoms with E-state index in [0.717, 1.165) is 48.8 Å². The molecule has 1 aromatic carbocycles. The van der Waals surface area contributed by atoms with E-state index in [1.807, 2.05) is 30.5 Å². The zero-order valence-corrected chi connectivity index (χ0v) is 17.8. The Morgan fingerprint density at radius 2 is 1.94 bits per heavy atom. The quantitative estimate of drug-likeness (QED) is 0.600. The number of aromatic nitrogens is 1. The van der Waals surface area contributed by atoms with Crippen LogP contribution in [0, 0.1) is 0 Å². The number of hydrogen-bond acceptors (Lipinski definition) is 7. The lowest BCUT2D eigenvalue weighted by Gasteiger charge is -2.29. The van der Waals surface area contributed by atoms with Crippen LogP contribution in [-0.2, 0) is 22.7 Å². The summed E-state index contributed by atoms with van der Waals surface area (Å²) in [4.78, 5) is 44.8. The third-order valence-corrected chi connectivity index (χ3v) is 6.29. The first-order valence-electron chi connectivity index (χ1n) is 11.0. The van der Waals surface area contributed by atoms with E-state index in [9.17, 15) is 14.4 Å². The maximum Gasteiger partial charge on any atom is 0.255 e. The first kappa shape index (κ1) is 20.4. The Kier molecular flexibility index (Phi) is 5.48. The molecule has 1 unspecified atom stereocenters. The van der Waals surface area contributed by atoms with Crippen LogP contribution >= 0.6 is 0 Å². The van der Waals surface area contributed by atoms with Gasteiger partial charge in [0.25, 0.3) is 5.91 Å². The summed E-state index contributed by atoms with van der Waals surface area (Å²) in [6, 6.07) is 9.26. The highest BCUT2D eigenvalue weighted by molar-refractivity contribution is 6.05. The van der Waals surface area contributed by atoms with Crippen molar-refractivity contribution < 1.29 is 14.4 Å². The monoisotopic (exact) mass is 434 g/mol. The van der Waals surface area contributed by atoms with Crippen LogP contribution in [0.2, 0.25) is 0 Å². The van der Waals surface area contributed by atoms with E-state index in [1.54, 1.807) is 4.90 Å². The second kappa shape index (κ2) is 8.58. The van der Waals surface area contributed by atoms with Crippen molar-refractivity contribution >= 4 is 29.2 Å². The predicted molar refractivity (Wildman–Crippen MR) is 119 cm³/mol. The molecular weight excluding hydrogens is 408 g/mol. The number of piperidine rings is 1. The van der Waals surface area contributed by atoms with Crippen LogP contribution in [-0.4, -0.2) is 59.8 Å². The Morgan fingerprint density at radius 3 is 2.75 bits per heavy atom. The van der Waals surface area contributed by atoms with Crippen molar-refractivity contribution in [2.75, 3.05) is 36.4 Å². The van der Waals surface area contributed by atoms with E-state index in [4.69, 9.17) is 0 Å². The average molecular weight is 435 g/mol. The van der Waals surface area contributed by atoms with Crippen LogP contribution in [0.1, 0.15) is 34.3 Å². The normalized spacial score (nSPS) is 20.9. The highest BCUT2D eigenvalue weighted by atomic mass is 16.2. The number of rotatable bonds is 5. The van der Waals surface area contributed by atoms with Gasteiger partial charge >= 0.3 is 0 Å². The van der Waals surface area contributed by atoms with Crippen molar-refractivity contribution in [1.82, 2.24) is 20.5 Å². The van der Waals surface area contributed by atoms with Crippen molar-refractivity contribution in [1.29, 1.82) is 0 Å². The minimum absolute atomic E-state index is 0.153. The second-order valence-corrected chi connectivity index (χ2v) is 8.38. The van der Waals surface area contributed by atoms with Gasteiger partial charge in [0, 0.05) is 69.2 Å². The van der Waals surface area contributed by atoms with Gasteiger partial charge in [-0.15, -0.1) is 0 Å². The maximum atomic E-state index is 12.8. The molecule has 1 aromatic heterocycles. The van der Waals surface area contributed by atoms with Gasteiger partial charge in [0.05, 0.1) is 0 Å². The molecule has 1 atom stereocenters. The smallest absolute Gasteiger partial charge is 0.255 e. The van der Waals surface area contributed by atoms with Gasteiger partial charge < -0.3 is 20.4 Å². The lowest BCUT2D eigenvalue weighted by Crippen LogP contribution is -2.52. The summed E-state index contributed by atoms with van der Waals surface area (Å²) in [5.74, 6) is -0.0136. The number of fused-ring (bicyclic) bond motifs is 1. The van der Waals surface area contributed by atoms with Gasteiger partial charge in [0.15, 0.2) is 0 Å². The molecule has 3 aliphatic rings. The fourth-order valence-corrected chi connectivity index (χ4v) is 4.57. The van der Waals surface area contributed by atoms with E-state index in [2.05, 4.69) is 31.9 Å². The number of carbonyl (C=O) groups excluding carboxylic acids is 3. The summed E-state index contributed by atoms with van der Waals surface area (Å²) in [6.07, 6.45) is 2.44. The van der Waals surface area contributed by atoms with Gasteiger partial charge in [-0.2, -0.15) is 0 Å². The molecule has 2 aromatic rings. The standard InChI is InChI=1S/C23H26N6O3/c30-21-4-3-19(22(31)27-21)29-14-16-11-15(1-2-18(16)23(29)32)13-26-20-12-17(5-6-25-20)28-9-7-24-8-10-28/h1-2,5-6,11-12,19,24H,3-4,7-10,13-14H2,(H,25,26)(H,27,30,31). The Morgan fingerprint density at radius 1 is 1.09 bits per heavy atom. The number of carbonyl (C=O) groups is 3. The molecule has 2 fully saturated rings. The molecule has 5 rings (SSSR count). The molecular formula is C23H26N6O3. The number of benzene rings is 1. The van der Waals surface area contributed by atoms with Crippen LogP contribution < -0.4 is 20.9 Å². The molecule has 0 spiro atoms. The van der Waals surface area contributed by atoms with E-state index in [1.165, 1.54) is 0 Å². The minimum Gasteiger partial charge on any atom is -0.369 e. The maximum absolute atomic E-state index is 12.8. The number of pyridine rings is 1. The van der Waals surface area contributed by atoms with Crippen LogP contribution in [0.5, 0.6) is 0 Å². The van der Waals surface area contributed by atoms with Crippen molar-refractivity contribution in [3.8, 4) is 0 Å². The highest BCUT2D eigenvalue weighted by Crippen LogP contribution is 2.28. The molecule has 2 saturated heterocycles. The van der Waals surface area contributed by atoms with Gasteiger partial charge in [0.2, 0.25) is 11.8 Å². The van der Waals surface area contributed by atoms with Crippen LogP contribution in [0.25, 0.3) is 0 Å². The van der Waals surface area contributed by atoms with Gasteiger partial charge in [-0.25, -0.2) is 4.98 Å². The lowest BCUT2D eigenvalue weighted by molar-refractivity contribution is -0.136. The molecule has 9 heteroatoms. The highest BCUT2D eigenvalue weighted by Gasteiger charge is 2.39. The number of anilines is 2. The van der Waals surface area contributed by atoms with Gasteiger partial charge in [-0.3, -0.25) is 19.7 Å². The molecule has 4 heterocycles. The van der Waals surface area contributed by atoms with E-state index in [0.29, 0.717) is 25.1 Å². The Hall–Kier alpha value is -3.46. The van der Waals surface area contributed by atoms with Gasteiger partial charge in [-0.05, 0) is 29.7 Å². The van der Waals surface area contributed by atoms with Crippen molar-refractivity contribution in [2.45, 2.75) is 32.0 Å². The topological polar surface area (TPSA) is 107 Å². The minimum atomic E-state index is -0.592. The number of amides is 3. The third kappa shape index (κ3) is 4.03. The van der Waals surface area contributed by atoms with E-state index < -0.39 is 6.04 Å². The molecule has 0 radical (unpaired) electrons. The molecule has 9 nitrogen and oxygen atoms in total. The van der Waals surface area contributed by atoms with E-state index in [-0.39, 0.29) is 24.1 Å². The Labute approximate surface area is 186 Å². The van der Waals surface area contributed by atoms with Crippen LogP contribution in [0.4, 0.5) is 11.5 Å². The summed E-state index contributed by atoms with van der Waals surface area (Å²) in [7, 11) is 0. The molecule has 3 amide bonds. The molecule has 0 saturated carbocycles. The first-order chi connectivity index (χ1) is 15.6. The summed E-state index contributed by atoms with van der Waals surface area (Å²) >= 11 is 0. The largest absolute Gasteiger partial charge is 0.369 e. The van der Waals surface area contributed by atoms with Crippen LogP contribution in [0.15, 0.2) is 36.5 Å². The fourth-order valence-electron chi connectivity index (χ4n) is 4.57. The third-order valence-electron chi connectivity index (χ3n) is 6.29. The first-order valence-corrected chi connectivity index (χ1v) is 11.0. The zero-order valence-electron chi connectivity index (χ0n) is 17.8. The van der Waals surface area contributed by atoms with Crippen molar-refractivity contribution in [3.63, 3.8) is 0 Å². The lowest BCUT2D eigenvalue weighted by atomic mass is 10.0. The van der Waals surface area contributed by atoms with Crippen molar-refractivity contribution in [2.24, 2.45) is 0 Å². The number of piperazine rings is 1. The summed E-state index contributed by atoms with van der Waals surface area (Å²) < 4.78 is 0. The Bertz CT molecular complexity index is 1070. The summed E-state index contributed by atoms with van der Waals surface area (Å²) in [5.41, 5.74) is 3.72. The molecule has 32 heavy (non-hydrogen) atoms. The molecule has 3 aliphatic heterocycles. The second-order valence-electron chi connectivity index (χ2n) is 8.38. The number of nitrogens with one attached hydrogen (secondary N) is 3. The molecule has 3 N–H and O–H groups in total. The summed E-state index contributed by atoms with van der Waals surface area (Å²) in [5, 5.41) is 9.07. The predicted octanol–water partition coefficient (Wildman–Crippen LogP) is 0.864. The van der Waals surface area contributed by atoms with Gasteiger partial charge in [-0.1, -0.05) is 12.1 Å². The Balaban J connectivity index is 1.25. The molecule has 166 valence electrons. The fraction of sp³-hybridized carbons (Fsp3) is 0.391. The zero-order chi connectivity index (χ0) is 22.1.